The zero-order valence-electron chi connectivity index (χ0n) is 21.9. The van der Waals surface area contributed by atoms with E-state index in [9.17, 15) is 14.4 Å². The second kappa shape index (κ2) is 10.5. The summed E-state index contributed by atoms with van der Waals surface area (Å²) in [6.07, 6.45) is 0.700. The van der Waals surface area contributed by atoms with E-state index in [1.54, 1.807) is 75.2 Å². The van der Waals surface area contributed by atoms with E-state index in [2.05, 4.69) is 20.5 Å². The highest BCUT2D eigenvalue weighted by Gasteiger charge is 2.37. The van der Waals surface area contributed by atoms with E-state index in [-0.39, 0.29) is 35.1 Å². The number of carbonyl (C=O) groups is 3. The molecule has 12 heteroatoms. The molecule has 2 aliphatic heterocycles. The largest absolute Gasteiger partial charge is 0.493 e. The lowest BCUT2D eigenvalue weighted by Gasteiger charge is -2.15. The predicted octanol–water partition coefficient (Wildman–Crippen LogP) is 3.83. The number of rotatable bonds is 7. The second-order valence-corrected chi connectivity index (χ2v) is 11.4. The van der Waals surface area contributed by atoms with Gasteiger partial charge in [-0.05, 0) is 56.7 Å². The Morgan fingerprint density at radius 1 is 1.13 bits per heavy atom. The molecule has 0 spiro atoms. The summed E-state index contributed by atoms with van der Waals surface area (Å²) in [7, 11) is 1.76. The van der Waals surface area contributed by atoms with Crippen LogP contribution in [0, 0.1) is 12.8 Å². The van der Waals surface area contributed by atoms with Crippen LogP contribution in [0.2, 0.25) is 0 Å². The van der Waals surface area contributed by atoms with Gasteiger partial charge in [-0.3, -0.25) is 14.4 Å². The molecule has 11 nitrogen and oxygen atoms in total. The molecule has 1 N–H and O–H groups in total. The molecule has 0 radical (unpaired) electrons. The molecule has 202 valence electrons. The Bertz CT molecular complexity index is 1470. The van der Waals surface area contributed by atoms with Crippen LogP contribution in [0.4, 0.5) is 0 Å². The number of aryl methyl sites for hydroxylation is 1. The zero-order chi connectivity index (χ0) is 27.7. The number of aromatic nitrogens is 2. The third-order valence-corrected chi connectivity index (χ3v) is 7.36. The van der Waals surface area contributed by atoms with Crippen LogP contribution in [0.15, 0.2) is 51.9 Å². The number of amides is 3. The average Bonchev–Trinajstić information content (AvgIpc) is 3.55. The minimum Gasteiger partial charge on any atom is -0.493 e. The molecule has 0 aliphatic carbocycles. The van der Waals surface area contributed by atoms with Crippen molar-refractivity contribution in [2.24, 2.45) is 10.9 Å². The Hall–Kier alpha value is -4.19. The van der Waals surface area contributed by atoms with Crippen molar-refractivity contribution in [3.8, 4) is 28.7 Å². The molecular weight excluding hydrogens is 522 g/mol. The summed E-state index contributed by atoms with van der Waals surface area (Å²) in [6.45, 7) is 6.06. The number of nitrogens with one attached hydrogen (secondary N) is 1. The maximum atomic E-state index is 13.1. The number of ether oxygens (including phenoxy) is 2. The van der Waals surface area contributed by atoms with Crippen molar-refractivity contribution in [1.29, 1.82) is 0 Å². The van der Waals surface area contributed by atoms with Crippen LogP contribution in [0.1, 0.15) is 36.5 Å². The first kappa shape index (κ1) is 26.4. The number of nitrogens with zero attached hydrogens (tertiary/aromatic N) is 4. The van der Waals surface area contributed by atoms with Crippen LogP contribution in [-0.4, -0.2) is 62.9 Å². The first-order valence-electron chi connectivity index (χ1n) is 12.3. The SMILES string of the molecule is Cc1nnc(-c2ccc(Oc3cc(OCC4CCN(C)C4=O)cc(C(=O)NC4=NC(=O)C(C)(C)S4)c3)cc2)o1. The van der Waals surface area contributed by atoms with Gasteiger partial charge in [0.15, 0.2) is 5.17 Å². The minimum atomic E-state index is -0.741. The van der Waals surface area contributed by atoms with Gasteiger partial charge in [0, 0.05) is 37.7 Å². The molecule has 39 heavy (non-hydrogen) atoms. The van der Waals surface area contributed by atoms with E-state index in [0.717, 1.165) is 5.56 Å². The van der Waals surface area contributed by atoms with E-state index < -0.39 is 10.7 Å². The molecule has 1 aromatic heterocycles. The van der Waals surface area contributed by atoms with Crippen molar-refractivity contribution < 1.29 is 28.3 Å². The fraction of sp³-hybridized carbons (Fsp3) is 0.333. The average molecular weight is 550 g/mol. The van der Waals surface area contributed by atoms with Crippen LogP contribution in [0.3, 0.4) is 0 Å². The summed E-state index contributed by atoms with van der Waals surface area (Å²) in [5.74, 6) is 1.09. The van der Waals surface area contributed by atoms with Crippen molar-refractivity contribution >= 4 is 34.7 Å². The van der Waals surface area contributed by atoms with Crippen molar-refractivity contribution in [3.63, 3.8) is 0 Å². The van der Waals surface area contributed by atoms with Crippen LogP contribution in [0.5, 0.6) is 17.2 Å². The van der Waals surface area contributed by atoms with Gasteiger partial charge < -0.3 is 24.1 Å². The van der Waals surface area contributed by atoms with Gasteiger partial charge in [0.2, 0.25) is 17.7 Å². The molecule has 2 aliphatic rings. The number of hydrogen-bond acceptors (Lipinski definition) is 9. The van der Waals surface area contributed by atoms with E-state index in [1.165, 1.54) is 11.8 Å². The summed E-state index contributed by atoms with van der Waals surface area (Å²) in [5, 5.41) is 10.8. The summed E-state index contributed by atoms with van der Waals surface area (Å²) in [6, 6.07) is 11.8. The third kappa shape index (κ3) is 5.95. The molecule has 1 atom stereocenters. The van der Waals surface area contributed by atoms with E-state index in [0.29, 0.717) is 42.0 Å². The number of aliphatic imine (C=N–C) groups is 1. The van der Waals surface area contributed by atoms with Crippen LogP contribution < -0.4 is 14.8 Å². The fourth-order valence-corrected chi connectivity index (χ4v) is 4.95. The van der Waals surface area contributed by atoms with Crippen molar-refractivity contribution in [3.05, 3.63) is 53.9 Å². The van der Waals surface area contributed by atoms with Gasteiger partial charge in [0.25, 0.3) is 11.8 Å². The Kier molecular flexibility index (Phi) is 7.13. The number of likely N-dealkylation sites (tertiary alicyclic amines) is 1. The molecule has 0 saturated carbocycles. The molecular formula is C27H27N5O6S. The maximum Gasteiger partial charge on any atom is 0.264 e. The van der Waals surface area contributed by atoms with E-state index >= 15 is 0 Å². The standard InChI is InChI=1S/C27H27N5O6S/c1-15-30-31-23(37-15)16-5-7-19(8-6-16)38-21-12-18(22(33)28-26-29-25(35)27(2,3)39-26)11-20(13-21)36-14-17-9-10-32(4)24(17)34/h5-8,11-13,17H,9-10,14H2,1-4H3,(H,28,29,33,35). The Labute approximate surface area is 229 Å². The summed E-state index contributed by atoms with van der Waals surface area (Å²) < 4.78 is 16.7. The molecule has 1 unspecified atom stereocenters. The smallest absolute Gasteiger partial charge is 0.264 e. The molecule has 2 aromatic carbocycles. The van der Waals surface area contributed by atoms with Crippen LogP contribution in [-0.2, 0) is 9.59 Å². The number of hydrogen-bond donors (Lipinski definition) is 1. The van der Waals surface area contributed by atoms with E-state index in [4.69, 9.17) is 13.9 Å². The number of amidine groups is 1. The minimum absolute atomic E-state index is 0.0282. The fourth-order valence-electron chi connectivity index (χ4n) is 4.06. The molecule has 3 aromatic rings. The highest BCUT2D eigenvalue weighted by molar-refractivity contribution is 8.16. The monoisotopic (exact) mass is 549 g/mol. The number of benzene rings is 2. The Morgan fingerprint density at radius 2 is 1.87 bits per heavy atom. The highest BCUT2D eigenvalue weighted by atomic mass is 32.2. The van der Waals surface area contributed by atoms with Crippen molar-refractivity contribution in [2.45, 2.75) is 31.9 Å². The van der Waals surface area contributed by atoms with Gasteiger partial charge >= 0.3 is 0 Å². The van der Waals surface area contributed by atoms with Gasteiger partial charge in [-0.25, -0.2) is 0 Å². The van der Waals surface area contributed by atoms with Crippen LogP contribution >= 0.6 is 11.8 Å². The molecule has 0 bridgehead atoms. The van der Waals surface area contributed by atoms with E-state index in [1.807, 2.05) is 0 Å². The molecule has 1 saturated heterocycles. The lowest BCUT2D eigenvalue weighted by molar-refractivity contribution is -0.130. The second-order valence-electron chi connectivity index (χ2n) is 9.79. The van der Waals surface area contributed by atoms with Crippen molar-refractivity contribution in [1.82, 2.24) is 20.4 Å². The number of carbonyl (C=O) groups excluding carboxylic acids is 3. The maximum absolute atomic E-state index is 13.1. The normalized spacial score (nSPS) is 18.3. The number of thioether (sulfide) groups is 1. The summed E-state index contributed by atoms with van der Waals surface area (Å²) in [5.41, 5.74) is 0.981. The van der Waals surface area contributed by atoms with Crippen molar-refractivity contribution in [2.75, 3.05) is 20.2 Å². The molecule has 3 amide bonds. The lowest BCUT2D eigenvalue weighted by Crippen LogP contribution is -2.29. The predicted molar refractivity (Wildman–Crippen MR) is 144 cm³/mol. The zero-order valence-corrected chi connectivity index (χ0v) is 22.7. The third-order valence-electron chi connectivity index (χ3n) is 6.29. The first-order valence-corrected chi connectivity index (χ1v) is 13.1. The van der Waals surface area contributed by atoms with Gasteiger partial charge in [-0.15, -0.1) is 10.2 Å². The lowest BCUT2D eigenvalue weighted by atomic mass is 10.1. The van der Waals surface area contributed by atoms with Gasteiger partial charge in [-0.2, -0.15) is 4.99 Å². The summed E-state index contributed by atoms with van der Waals surface area (Å²) >= 11 is 1.19. The quantitative estimate of drug-likeness (QED) is 0.466. The van der Waals surface area contributed by atoms with Crippen LogP contribution in [0.25, 0.3) is 11.5 Å². The van der Waals surface area contributed by atoms with Gasteiger partial charge in [0.1, 0.15) is 17.2 Å². The Balaban J connectivity index is 1.36. The molecule has 1 fully saturated rings. The Morgan fingerprint density at radius 3 is 2.49 bits per heavy atom. The highest BCUT2D eigenvalue weighted by Crippen LogP contribution is 2.33. The topological polar surface area (TPSA) is 136 Å². The first-order chi connectivity index (χ1) is 18.6. The molecule has 5 rings (SSSR count). The summed E-state index contributed by atoms with van der Waals surface area (Å²) in [4.78, 5) is 43.1. The van der Waals surface area contributed by atoms with Gasteiger partial charge in [0.05, 0.1) is 17.3 Å². The van der Waals surface area contributed by atoms with Gasteiger partial charge in [-0.1, -0.05) is 11.8 Å². The molecule has 3 heterocycles.